The summed E-state index contributed by atoms with van der Waals surface area (Å²) < 4.78 is 24.6. The summed E-state index contributed by atoms with van der Waals surface area (Å²) >= 11 is 0. The van der Waals surface area contributed by atoms with Crippen LogP contribution in [0.15, 0.2) is 54.2 Å². The van der Waals surface area contributed by atoms with E-state index in [2.05, 4.69) is 5.32 Å². The van der Waals surface area contributed by atoms with Gasteiger partial charge in [0.25, 0.3) is 5.91 Å². The van der Waals surface area contributed by atoms with Crippen molar-refractivity contribution in [3.8, 4) is 17.6 Å². The monoisotopic (exact) mass is 438 g/mol. The van der Waals surface area contributed by atoms with Crippen LogP contribution in [0.3, 0.4) is 0 Å². The van der Waals surface area contributed by atoms with Gasteiger partial charge in [-0.05, 0) is 36.8 Å². The van der Waals surface area contributed by atoms with Gasteiger partial charge in [-0.2, -0.15) is 5.26 Å². The van der Waals surface area contributed by atoms with E-state index in [4.69, 9.17) is 9.47 Å². The lowest BCUT2D eigenvalue weighted by Gasteiger charge is -2.35. The van der Waals surface area contributed by atoms with Crippen molar-refractivity contribution in [3.05, 3.63) is 65.6 Å². The molecule has 1 saturated heterocycles. The molecule has 1 aliphatic heterocycles. The Morgan fingerprint density at radius 2 is 1.81 bits per heavy atom. The van der Waals surface area contributed by atoms with E-state index in [9.17, 15) is 14.4 Å². The summed E-state index contributed by atoms with van der Waals surface area (Å²) in [6.45, 7) is 4.19. The molecule has 0 radical (unpaired) electrons. The molecule has 32 heavy (non-hydrogen) atoms. The third kappa shape index (κ3) is 5.30. The van der Waals surface area contributed by atoms with Crippen molar-refractivity contribution < 1.29 is 18.7 Å². The van der Waals surface area contributed by atoms with Gasteiger partial charge in [-0.1, -0.05) is 18.2 Å². The molecule has 2 aromatic carbocycles. The van der Waals surface area contributed by atoms with Crippen molar-refractivity contribution in [2.75, 3.05) is 45.3 Å². The first-order valence-corrected chi connectivity index (χ1v) is 10.3. The highest BCUT2D eigenvalue weighted by atomic mass is 19.1. The summed E-state index contributed by atoms with van der Waals surface area (Å²) in [5, 5.41) is 12.4. The third-order valence-corrected chi connectivity index (χ3v) is 5.44. The molecule has 168 valence electrons. The number of methoxy groups -OCH3 is 2. The number of nitriles is 1. The van der Waals surface area contributed by atoms with Crippen molar-refractivity contribution >= 4 is 11.6 Å². The molecule has 3 rings (SSSR count). The van der Waals surface area contributed by atoms with Gasteiger partial charge in [0.15, 0.2) is 11.5 Å². The minimum absolute atomic E-state index is 0.0247. The van der Waals surface area contributed by atoms with Crippen molar-refractivity contribution in [3.63, 3.8) is 0 Å². The number of benzene rings is 2. The quantitative estimate of drug-likeness (QED) is 0.528. The Morgan fingerprint density at radius 3 is 2.44 bits per heavy atom. The number of carbonyl (C=O) groups is 1. The SMILES string of the molecule is COc1ccc(C(C)NC(=O)/C(C#N)=C\N2CCN(c3ccccc3F)CC2)cc1OC. The first kappa shape index (κ1) is 22.9. The Labute approximate surface area is 187 Å². The number of hydrogen-bond acceptors (Lipinski definition) is 6. The summed E-state index contributed by atoms with van der Waals surface area (Å²) in [5.74, 6) is 0.459. The summed E-state index contributed by atoms with van der Waals surface area (Å²) in [6.07, 6.45) is 1.58. The molecule has 1 unspecified atom stereocenters. The van der Waals surface area contributed by atoms with Gasteiger partial charge in [-0.3, -0.25) is 4.79 Å². The number of halogens is 1. The molecule has 1 fully saturated rings. The Kier molecular flexibility index (Phi) is 7.55. The Morgan fingerprint density at radius 1 is 1.12 bits per heavy atom. The predicted octanol–water partition coefficient (Wildman–Crippen LogP) is 3.25. The summed E-state index contributed by atoms with van der Waals surface area (Å²) in [4.78, 5) is 16.6. The van der Waals surface area contributed by atoms with Crippen molar-refractivity contribution in [2.24, 2.45) is 0 Å². The van der Waals surface area contributed by atoms with Crippen LogP contribution in [0.25, 0.3) is 0 Å². The van der Waals surface area contributed by atoms with Crippen molar-refractivity contribution in [1.29, 1.82) is 5.26 Å². The molecule has 1 amide bonds. The number of piperazine rings is 1. The molecule has 1 atom stereocenters. The first-order chi connectivity index (χ1) is 15.5. The highest BCUT2D eigenvalue weighted by molar-refractivity contribution is 5.97. The van der Waals surface area contributed by atoms with Gasteiger partial charge >= 0.3 is 0 Å². The fraction of sp³-hybridized carbons (Fsp3) is 0.333. The van der Waals surface area contributed by atoms with Crippen LogP contribution in [0.2, 0.25) is 0 Å². The molecule has 0 bridgehead atoms. The number of hydrogen-bond donors (Lipinski definition) is 1. The van der Waals surface area contributed by atoms with E-state index in [1.165, 1.54) is 6.07 Å². The maximum absolute atomic E-state index is 14.0. The van der Waals surface area contributed by atoms with Gasteiger partial charge in [0.1, 0.15) is 17.5 Å². The molecule has 2 aromatic rings. The minimum atomic E-state index is -0.452. The van der Waals surface area contributed by atoms with Crippen LogP contribution < -0.4 is 19.7 Å². The van der Waals surface area contributed by atoms with Crippen LogP contribution in [0.5, 0.6) is 11.5 Å². The summed E-state index contributed by atoms with van der Waals surface area (Å²) in [6, 6.07) is 13.7. The van der Waals surface area contributed by atoms with Gasteiger partial charge < -0.3 is 24.6 Å². The number of carbonyl (C=O) groups excluding carboxylic acids is 1. The molecular formula is C24H27FN4O3. The van der Waals surface area contributed by atoms with Crippen molar-refractivity contribution in [2.45, 2.75) is 13.0 Å². The van der Waals surface area contributed by atoms with E-state index < -0.39 is 5.91 Å². The second kappa shape index (κ2) is 10.5. The van der Waals surface area contributed by atoms with E-state index in [0.717, 1.165) is 5.56 Å². The lowest BCUT2D eigenvalue weighted by Crippen LogP contribution is -2.44. The fourth-order valence-electron chi connectivity index (χ4n) is 3.60. The minimum Gasteiger partial charge on any atom is -0.493 e. The second-order valence-corrected chi connectivity index (χ2v) is 7.44. The average Bonchev–Trinajstić information content (AvgIpc) is 2.82. The van der Waals surface area contributed by atoms with Gasteiger partial charge in [0.05, 0.1) is 25.9 Å². The zero-order chi connectivity index (χ0) is 23.1. The fourth-order valence-corrected chi connectivity index (χ4v) is 3.60. The maximum atomic E-state index is 14.0. The number of rotatable bonds is 7. The molecule has 0 aromatic heterocycles. The number of anilines is 1. The second-order valence-electron chi connectivity index (χ2n) is 7.44. The topological polar surface area (TPSA) is 77.8 Å². The third-order valence-electron chi connectivity index (χ3n) is 5.44. The molecule has 0 spiro atoms. The summed E-state index contributed by atoms with van der Waals surface area (Å²) in [5.41, 5.74) is 1.42. The molecule has 7 nitrogen and oxygen atoms in total. The lowest BCUT2D eigenvalue weighted by molar-refractivity contribution is -0.117. The first-order valence-electron chi connectivity index (χ1n) is 10.3. The molecule has 0 aliphatic carbocycles. The Bertz CT molecular complexity index is 1030. The summed E-state index contributed by atoms with van der Waals surface area (Å²) in [7, 11) is 3.11. The number of amides is 1. The van der Waals surface area contributed by atoms with E-state index >= 15 is 0 Å². The molecule has 1 heterocycles. The smallest absolute Gasteiger partial charge is 0.263 e. The predicted molar refractivity (Wildman–Crippen MR) is 120 cm³/mol. The molecule has 8 heteroatoms. The normalized spacial score (nSPS) is 15.0. The van der Waals surface area contributed by atoms with Gasteiger partial charge in [0, 0.05) is 32.4 Å². The van der Waals surface area contributed by atoms with Crippen LogP contribution in [0.4, 0.5) is 10.1 Å². The zero-order valence-electron chi connectivity index (χ0n) is 18.5. The Balaban J connectivity index is 1.62. The van der Waals surface area contributed by atoms with Crippen LogP contribution in [-0.2, 0) is 4.79 Å². The number of para-hydroxylation sites is 1. The van der Waals surface area contributed by atoms with Crippen LogP contribution in [0, 0.1) is 17.1 Å². The Hall–Kier alpha value is -3.73. The van der Waals surface area contributed by atoms with E-state index in [1.54, 1.807) is 44.7 Å². The largest absolute Gasteiger partial charge is 0.493 e. The molecule has 1 N–H and O–H groups in total. The van der Waals surface area contributed by atoms with Gasteiger partial charge in [-0.15, -0.1) is 0 Å². The van der Waals surface area contributed by atoms with Crippen LogP contribution >= 0.6 is 0 Å². The highest BCUT2D eigenvalue weighted by Crippen LogP contribution is 2.30. The van der Waals surface area contributed by atoms with E-state index in [0.29, 0.717) is 43.4 Å². The van der Waals surface area contributed by atoms with Crippen LogP contribution in [-0.4, -0.2) is 51.2 Å². The number of nitrogens with zero attached hydrogens (tertiary/aromatic N) is 3. The standard InChI is InChI=1S/C24H27FN4O3/c1-17(18-8-9-22(31-2)23(14-18)32-3)27-24(30)19(15-26)16-28-10-12-29(13-11-28)21-7-5-4-6-20(21)25/h4-9,14,16-17H,10-13H2,1-3H3,(H,27,30)/b19-16-. The lowest BCUT2D eigenvalue weighted by atomic mass is 10.1. The average molecular weight is 439 g/mol. The maximum Gasteiger partial charge on any atom is 0.263 e. The van der Waals surface area contributed by atoms with Crippen molar-refractivity contribution in [1.82, 2.24) is 10.2 Å². The van der Waals surface area contributed by atoms with E-state index in [1.807, 2.05) is 34.9 Å². The van der Waals surface area contributed by atoms with Gasteiger partial charge in [-0.25, -0.2) is 4.39 Å². The molecular weight excluding hydrogens is 411 g/mol. The van der Waals surface area contributed by atoms with E-state index in [-0.39, 0.29) is 17.4 Å². The number of ether oxygens (including phenoxy) is 2. The number of nitrogens with one attached hydrogen (secondary N) is 1. The van der Waals surface area contributed by atoms with Gasteiger partial charge in [0.2, 0.25) is 0 Å². The molecule has 1 aliphatic rings. The molecule has 0 saturated carbocycles. The zero-order valence-corrected chi connectivity index (χ0v) is 18.5. The highest BCUT2D eigenvalue weighted by Gasteiger charge is 2.20. The van der Waals surface area contributed by atoms with Crippen LogP contribution in [0.1, 0.15) is 18.5 Å².